The standard InChI is InChI=1S/C13H20N2OS/c1-2-6-15(7-8-16)10-13-9-12(11-17-13)4-3-5-14/h9,11,16H,2,5-8,10,14H2,1H3. The molecule has 0 aliphatic heterocycles. The summed E-state index contributed by atoms with van der Waals surface area (Å²) in [5, 5.41) is 11.0. The lowest BCUT2D eigenvalue weighted by atomic mass is 10.3. The molecule has 1 aromatic heterocycles. The van der Waals surface area contributed by atoms with E-state index in [4.69, 9.17) is 10.8 Å². The molecule has 1 rings (SSSR count). The van der Waals surface area contributed by atoms with Gasteiger partial charge in [0.15, 0.2) is 0 Å². The maximum atomic E-state index is 8.99. The van der Waals surface area contributed by atoms with Gasteiger partial charge in [-0.1, -0.05) is 18.8 Å². The highest BCUT2D eigenvalue weighted by Crippen LogP contribution is 2.16. The van der Waals surface area contributed by atoms with E-state index >= 15 is 0 Å². The Morgan fingerprint density at radius 2 is 2.29 bits per heavy atom. The molecule has 0 saturated carbocycles. The molecule has 0 atom stereocenters. The number of rotatable bonds is 6. The number of hydrogen-bond acceptors (Lipinski definition) is 4. The molecular weight excluding hydrogens is 232 g/mol. The molecule has 0 bridgehead atoms. The number of aliphatic hydroxyl groups excluding tert-OH is 1. The first-order valence-corrected chi connectivity index (χ1v) is 6.77. The van der Waals surface area contributed by atoms with Gasteiger partial charge in [-0.05, 0) is 19.0 Å². The van der Waals surface area contributed by atoms with Crippen LogP contribution < -0.4 is 5.73 Å². The average molecular weight is 252 g/mol. The summed E-state index contributed by atoms with van der Waals surface area (Å²) in [4.78, 5) is 3.54. The van der Waals surface area contributed by atoms with Crippen molar-refractivity contribution in [3.63, 3.8) is 0 Å². The molecule has 0 aliphatic carbocycles. The van der Waals surface area contributed by atoms with Crippen LogP contribution in [0.5, 0.6) is 0 Å². The van der Waals surface area contributed by atoms with Crippen LogP contribution in [0.4, 0.5) is 0 Å². The fourth-order valence-corrected chi connectivity index (χ4v) is 2.49. The second-order valence-corrected chi connectivity index (χ2v) is 4.80. The van der Waals surface area contributed by atoms with Crippen molar-refractivity contribution >= 4 is 11.3 Å². The van der Waals surface area contributed by atoms with Gasteiger partial charge in [0.2, 0.25) is 0 Å². The van der Waals surface area contributed by atoms with Gasteiger partial charge in [0, 0.05) is 28.9 Å². The van der Waals surface area contributed by atoms with E-state index in [9.17, 15) is 0 Å². The Morgan fingerprint density at radius 1 is 1.47 bits per heavy atom. The summed E-state index contributed by atoms with van der Waals surface area (Å²) >= 11 is 1.71. The van der Waals surface area contributed by atoms with Gasteiger partial charge in [0.05, 0.1) is 13.2 Å². The zero-order chi connectivity index (χ0) is 12.5. The van der Waals surface area contributed by atoms with Gasteiger partial charge in [-0.3, -0.25) is 4.90 Å². The smallest absolute Gasteiger partial charge is 0.0558 e. The molecule has 0 amide bonds. The van der Waals surface area contributed by atoms with Crippen molar-refractivity contribution in [1.82, 2.24) is 4.90 Å². The van der Waals surface area contributed by atoms with E-state index in [1.54, 1.807) is 11.3 Å². The van der Waals surface area contributed by atoms with Crippen molar-refractivity contribution in [3.8, 4) is 11.8 Å². The van der Waals surface area contributed by atoms with Crippen molar-refractivity contribution in [1.29, 1.82) is 0 Å². The van der Waals surface area contributed by atoms with Crippen LogP contribution >= 0.6 is 11.3 Å². The van der Waals surface area contributed by atoms with Gasteiger partial charge in [-0.25, -0.2) is 0 Å². The number of thiophene rings is 1. The molecule has 94 valence electrons. The molecule has 0 fully saturated rings. The monoisotopic (exact) mass is 252 g/mol. The third kappa shape index (κ3) is 5.33. The Morgan fingerprint density at radius 3 is 2.94 bits per heavy atom. The second-order valence-electron chi connectivity index (χ2n) is 3.81. The number of nitrogens with zero attached hydrogens (tertiary/aromatic N) is 1. The maximum Gasteiger partial charge on any atom is 0.0558 e. The molecule has 0 aliphatic rings. The first-order valence-electron chi connectivity index (χ1n) is 5.89. The van der Waals surface area contributed by atoms with Crippen LogP contribution in [-0.4, -0.2) is 36.2 Å². The van der Waals surface area contributed by atoms with E-state index < -0.39 is 0 Å². The topological polar surface area (TPSA) is 49.5 Å². The molecule has 17 heavy (non-hydrogen) atoms. The highest BCUT2D eigenvalue weighted by molar-refractivity contribution is 7.10. The number of aliphatic hydroxyl groups is 1. The van der Waals surface area contributed by atoms with Crippen LogP contribution in [0.1, 0.15) is 23.8 Å². The van der Waals surface area contributed by atoms with Crippen LogP contribution in [-0.2, 0) is 6.54 Å². The third-order valence-corrected chi connectivity index (χ3v) is 3.25. The molecular formula is C13H20N2OS. The summed E-state index contributed by atoms with van der Waals surface area (Å²) in [6, 6.07) is 2.10. The fourth-order valence-electron chi connectivity index (χ4n) is 1.63. The third-order valence-electron chi connectivity index (χ3n) is 2.32. The Kier molecular flexibility index (Phi) is 6.90. The molecule has 0 unspecified atom stereocenters. The molecule has 0 radical (unpaired) electrons. The minimum Gasteiger partial charge on any atom is -0.395 e. The highest BCUT2D eigenvalue weighted by atomic mass is 32.1. The summed E-state index contributed by atoms with van der Waals surface area (Å²) in [7, 11) is 0. The Balaban J connectivity index is 2.56. The van der Waals surface area contributed by atoms with Gasteiger partial charge in [-0.15, -0.1) is 11.3 Å². The van der Waals surface area contributed by atoms with E-state index in [1.165, 1.54) is 4.88 Å². The van der Waals surface area contributed by atoms with Crippen molar-refractivity contribution in [3.05, 3.63) is 21.9 Å². The molecule has 3 N–H and O–H groups in total. The molecule has 1 heterocycles. The lowest BCUT2D eigenvalue weighted by Crippen LogP contribution is -2.26. The normalized spacial score (nSPS) is 10.4. The lowest BCUT2D eigenvalue weighted by Gasteiger charge is -2.19. The fraction of sp³-hybridized carbons (Fsp3) is 0.538. The van der Waals surface area contributed by atoms with E-state index in [2.05, 4.69) is 35.1 Å². The van der Waals surface area contributed by atoms with Crippen LogP contribution in [0.15, 0.2) is 11.4 Å². The van der Waals surface area contributed by atoms with Crippen LogP contribution in [0.3, 0.4) is 0 Å². The largest absolute Gasteiger partial charge is 0.395 e. The Hall–Kier alpha value is -0.860. The number of hydrogen-bond donors (Lipinski definition) is 2. The summed E-state index contributed by atoms with van der Waals surface area (Å²) < 4.78 is 0. The van der Waals surface area contributed by atoms with Crippen molar-refractivity contribution < 1.29 is 5.11 Å². The van der Waals surface area contributed by atoms with Gasteiger partial charge < -0.3 is 10.8 Å². The van der Waals surface area contributed by atoms with Crippen molar-refractivity contribution in [2.45, 2.75) is 19.9 Å². The number of nitrogens with two attached hydrogens (primary N) is 1. The van der Waals surface area contributed by atoms with Crippen LogP contribution in [0.2, 0.25) is 0 Å². The Bertz CT molecular complexity index is 372. The van der Waals surface area contributed by atoms with Gasteiger partial charge in [0.25, 0.3) is 0 Å². The summed E-state index contributed by atoms with van der Waals surface area (Å²) in [5.41, 5.74) is 6.37. The maximum absolute atomic E-state index is 8.99. The molecule has 0 saturated heterocycles. The van der Waals surface area contributed by atoms with Gasteiger partial charge in [-0.2, -0.15) is 0 Å². The van der Waals surface area contributed by atoms with E-state index in [1.807, 2.05) is 0 Å². The average Bonchev–Trinajstić information content (AvgIpc) is 2.75. The van der Waals surface area contributed by atoms with E-state index in [0.717, 1.165) is 31.6 Å². The molecule has 1 aromatic rings. The minimum atomic E-state index is 0.214. The highest BCUT2D eigenvalue weighted by Gasteiger charge is 2.06. The molecule has 3 nitrogen and oxygen atoms in total. The van der Waals surface area contributed by atoms with Gasteiger partial charge in [0.1, 0.15) is 0 Å². The SMILES string of the molecule is CCCN(CCO)Cc1cc(C#CCN)cs1. The van der Waals surface area contributed by atoms with E-state index in [-0.39, 0.29) is 6.61 Å². The zero-order valence-corrected chi connectivity index (χ0v) is 11.1. The second kappa shape index (κ2) is 8.26. The summed E-state index contributed by atoms with van der Waals surface area (Å²) in [6.45, 7) is 5.40. The predicted octanol–water partition coefficient (Wildman–Crippen LogP) is 1.26. The quantitative estimate of drug-likeness (QED) is 0.750. The van der Waals surface area contributed by atoms with Gasteiger partial charge >= 0.3 is 0 Å². The van der Waals surface area contributed by atoms with Crippen molar-refractivity contribution in [2.24, 2.45) is 5.73 Å². The predicted molar refractivity (Wildman–Crippen MR) is 72.9 cm³/mol. The van der Waals surface area contributed by atoms with Crippen LogP contribution in [0, 0.1) is 11.8 Å². The summed E-state index contributed by atoms with van der Waals surface area (Å²) in [5.74, 6) is 5.88. The molecule has 4 heteroatoms. The Labute approximate surface area is 107 Å². The van der Waals surface area contributed by atoms with Crippen molar-refractivity contribution in [2.75, 3.05) is 26.2 Å². The first kappa shape index (κ1) is 14.2. The first-order chi connectivity index (χ1) is 8.30. The molecule has 0 aromatic carbocycles. The minimum absolute atomic E-state index is 0.214. The lowest BCUT2D eigenvalue weighted by molar-refractivity contribution is 0.191. The van der Waals surface area contributed by atoms with E-state index in [0.29, 0.717) is 6.54 Å². The summed E-state index contributed by atoms with van der Waals surface area (Å²) in [6.07, 6.45) is 1.10. The zero-order valence-electron chi connectivity index (χ0n) is 10.3. The van der Waals surface area contributed by atoms with Crippen LogP contribution in [0.25, 0.3) is 0 Å². The molecule has 0 spiro atoms.